The van der Waals surface area contributed by atoms with Crippen LogP contribution in [0.1, 0.15) is 5.69 Å². The zero-order chi connectivity index (χ0) is 10.4. The van der Waals surface area contributed by atoms with Gasteiger partial charge in [0.1, 0.15) is 0 Å². The van der Waals surface area contributed by atoms with Gasteiger partial charge >= 0.3 is 0 Å². The van der Waals surface area contributed by atoms with E-state index in [9.17, 15) is 0 Å². The van der Waals surface area contributed by atoms with Crippen LogP contribution in [0.4, 0.5) is 0 Å². The lowest BCUT2D eigenvalue weighted by molar-refractivity contribution is 0.933. The summed E-state index contributed by atoms with van der Waals surface area (Å²) in [6, 6.07) is 8.52. The number of rotatable bonds is 0. The molecule has 0 N–H and O–H groups in total. The minimum absolute atomic E-state index is 1.07. The third-order valence-corrected chi connectivity index (χ3v) is 2.72. The van der Waals surface area contributed by atoms with Crippen LogP contribution in [0.3, 0.4) is 0 Å². The highest BCUT2D eigenvalue weighted by Crippen LogP contribution is 2.22. The normalized spacial score (nSPS) is 11.3. The highest BCUT2D eigenvalue weighted by molar-refractivity contribution is 5.96. The van der Waals surface area contributed by atoms with Crippen LogP contribution in [-0.4, -0.2) is 9.55 Å². The second-order valence-electron chi connectivity index (χ2n) is 4.05. The number of fused-ring (bicyclic) bond motifs is 2. The third kappa shape index (κ3) is 1.30. The number of aryl methyl sites for hydroxylation is 2. The van der Waals surface area contributed by atoms with E-state index in [1.165, 1.54) is 16.2 Å². The average molecular weight is 196 g/mol. The summed E-state index contributed by atoms with van der Waals surface area (Å²) in [7, 11) is 2.04. The van der Waals surface area contributed by atoms with Crippen LogP contribution in [0.25, 0.3) is 21.7 Å². The Morgan fingerprint density at radius 3 is 2.53 bits per heavy atom. The van der Waals surface area contributed by atoms with Crippen LogP contribution in [0, 0.1) is 6.92 Å². The molecule has 74 valence electrons. The van der Waals surface area contributed by atoms with Crippen molar-refractivity contribution in [3.05, 3.63) is 42.4 Å². The summed E-state index contributed by atoms with van der Waals surface area (Å²) in [5.41, 5.74) is 2.14. The molecule has 3 rings (SSSR count). The van der Waals surface area contributed by atoms with Crippen LogP contribution < -0.4 is 0 Å². The molecular formula is C13H12N2. The molecule has 0 amide bonds. The molecular weight excluding hydrogens is 184 g/mol. The maximum atomic E-state index is 4.53. The Balaban J connectivity index is 2.46. The summed E-state index contributed by atoms with van der Waals surface area (Å²) in [4.78, 5) is 4.53. The van der Waals surface area contributed by atoms with Crippen molar-refractivity contribution in [1.82, 2.24) is 9.55 Å². The molecule has 2 nitrogen and oxygen atoms in total. The van der Waals surface area contributed by atoms with Gasteiger partial charge in [-0.1, -0.05) is 6.07 Å². The SMILES string of the molecule is Cc1ccc2cc3cn(C)cc3cc2n1. The zero-order valence-corrected chi connectivity index (χ0v) is 8.86. The van der Waals surface area contributed by atoms with Crippen molar-refractivity contribution in [2.24, 2.45) is 7.05 Å². The van der Waals surface area contributed by atoms with E-state index in [4.69, 9.17) is 0 Å². The van der Waals surface area contributed by atoms with Crippen LogP contribution in [0.2, 0.25) is 0 Å². The van der Waals surface area contributed by atoms with Gasteiger partial charge in [0.05, 0.1) is 5.52 Å². The number of hydrogen-bond donors (Lipinski definition) is 0. The van der Waals surface area contributed by atoms with E-state index in [0.717, 1.165) is 11.2 Å². The predicted molar refractivity (Wildman–Crippen MR) is 63.0 cm³/mol. The molecule has 0 fully saturated rings. The first-order chi connectivity index (χ1) is 7.22. The highest BCUT2D eigenvalue weighted by Gasteiger charge is 2.00. The van der Waals surface area contributed by atoms with E-state index >= 15 is 0 Å². The maximum Gasteiger partial charge on any atom is 0.0712 e. The lowest BCUT2D eigenvalue weighted by Gasteiger charge is -1.98. The zero-order valence-electron chi connectivity index (χ0n) is 8.86. The largest absolute Gasteiger partial charge is 0.356 e. The lowest BCUT2D eigenvalue weighted by Crippen LogP contribution is -1.81. The van der Waals surface area contributed by atoms with E-state index in [1.807, 2.05) is 14.0 Å². The van der Waals surface area contributed by atoms with E-state index in [2.05, 4.69) is 46.2 Å². The van der Waals surface area contributed by atoms with Crippen molar-refractivity contribution in [2.75, 3.05) is 0 Å². The van der Waals surface area contributed by atoms with Gasteiger partial charge in [-0.25, -0.2) is 0 Å². The monoisotopic (exact) mass is 196 g/mol. The molecule has 2 heteroatoms. The molecule has 0 aliphatic heterocycles. The van der Waals surface area contributed by atoms with Crippen molar-refractivity contribution >= 4 is 21.7 Å². The van der Waals surface area contributed by atoms with Crippen LogP contribution in [-0.2, 0) is 7.05 Å². The average Bonchev–Trinajstić information content (AvgIpc) is 2.53. The first kappa shape index (κ1) is 8.48. The molecule has 2 aromatic heterocycles. The predicted octanol–water partition coefficient (Wildman–Crippen LogP) is 3.03. The molecule has 0 unspecified atom stereocenters. The molecule has 2 heterocycles. The molecule has 0 bridgehead atoms. The van der Waals surface area contributed by atoms with E-state index < -0.39 is 0 Å². The van der Waals surface area contributed by atoms with Crippen LogP contribution >= 0.6 is 0 Å². The Labute approximate surface area is 88.2 Å². The molecule has 0 saturated carbocycles. The molecule has 0 radical (unpaired) electrons. The van der Waals surface area contributed by atoms with Crippen molar-refractivity contribution < 1.29 is 0 Å². The van der Waals surface area contributed by atoms with Gasteiger partial charge in [0.15, 0.2) is 0 Å². The molecule has 0 aliphatic carbocycles. The lowest BCUT2D eigenvalue weighted by atomic mass is 10.1. The first-order valence-corrected chi connectivity index (χ1v) is 5.05. The second-order valence-corrected chi connectivity index (χ2v) is 4.05. The fourth-order valence-corrected chi connectivity index (χ4v) is 2.01. The molecule has 0 aliphatic rings. The summed E-state index contributed by atoms with van der Waals surface area (Å²) in [5.74, 6) is 0. The van der Waals surface area contributed by atoms with E-state index in [-0.39, 0.29) is 0 Å². The fourth-order valence-electron chi connectivity index (χ4n) is 2.01. The van der Waals surface area contributed by atoms with Gasteiger partial charge < -0.3 is 4.57 Å². The highest BCUT2D eigenvalue weighted by atomic mass is 14.9. The van der Waals surface area contributed by atoms with Gasteiger partial charge in [-0.15, -0.1) is 0 Å². The second kappa shape index (κ2) is 2.83. The molecule has 1 aromatic carbocycles. The number of pyridine rings is 1. The summed E-state index contributed by atoms with van der Waals surface area (Å²) < 4.78 is 2.08. The summed E-state index contributed by atoms with van der Waals surface area (Å²) in [5, 5.41) is 3.73. The smallest absolute Gasteiger partial charge is 0.0712 e. The van der Waals surface area contributed by atoms with E-state index in [0.29, 0.717) is 0 Å². The van der Waals surface area contributed by atoms with Gasteiger partial charge in [-0.3, -0.25) is 4.98 Å². The molecule has 0 saturated heterocycles. The third-order valence-electron chi connectivity index (χ3n) is 2.72. The number of benzene rings is 1. The van der Waals surface area contributed by atoms with Crippen molar-refractivity contribution in [3.8, 4) is 0 Å². The Kier molecular flexibility index (Phi) is 1.60. The van der Waals surface area contributed by atoms with Crippen molar-refractivity contribution in [3.63, 3.8) is 0 Å². The Morgan fingerprint density at radius 1 is 1.00 bits per heavy atom. The van der Waals surface area contributed by atoms with Crippen LogP contribution in [0.5, 0.6) is 0 Å². The maximum absolute atomic E-state index is 4.53. The standard InChI is InChI=1S/C13H12N2/c1-9-3-4-10-5-11-7-15(2)8-12(11)6-13(10)14-9/h3-8H,1-2H3. The fraction of sp³-hybridized carbons (Fsp3) is 0.154. The van der Waals surface area contributed by atoms with Crippen LogP contribution in [0.15, 0.2) is 36.7 Å². The van der Waals surface area contributed by atoms with Gasteiger partial charge in [0, 0.05) is 41.3 Å². The Morgan fingerprint density at radius 2 is 1.73 bits per heavy atom. The summed E-state index contributed by atoms with van der Waals surface area (Å²) >= 11 is 0. The molecule has 0 atom stereocenters. The minimum Gasteiger partial charge on any atom is -0.356 e. The summed E-state index contributed by atoms with van der Waals surface area (Å²) in [6.45, 7) is 2.02. The number of hydrogen-bond acceptors (Lipinski definition) is 1. The Bertz CT molecular complexity index is 650. The van der Waals surface area contributed by atoms with E-state index in [1.54, 1.807) is 0 Å². The number of aromatic nitrogens is 2. The summed E-state index contributed by atoms with van der Waals surface area (Å²) in [6.07, 6.45) is 4.26. The molecule has 15 heavy (non-hydrogen) atoms. The van der Waals surface area contributed by atoms with Gasteiger partial charge in [-0.05, 0) is 25.1 Å². The van der Waals surface area contributed by atoms with Crippen molar-refractivity contribution in [2.45, 2.75) is 6.92 Å². The quantitative estimate of drug-likeness (QED) is 0.540. The Hall–Kier alpha value is -1.83. The topological polar surface area (TPSA) is 17.8 Å². The van der Waals surface area contributed by atoms with Gasteiger partial charge in [-0.2, -0.15) is 0 Å². The molecule has 0 spiro atoms. The number of nitrogens with zero attached hydrogens (tertiary/aromatic N) is 2. The minimum atomic E-state index is 1.07. The van der Waals surface area contributed by atoms with Gasteiger partial charge in [0.2, 0.25) is 0 Å². The van der Waals surface area contributed by atoms with Crippen molar-refractivity contribution in [1.29, 1.82) is 0 Å². The first-order valence-electron chi connectivity index (χ1n) is 5.05. The van der Waals surface area contributed by atoms with Gasteiger partial charge in [0.25, 0.3) is 0 Å². The molecule has 3 aromatic rings.